The van der Waals surface area contributed by atoms with E-state index in [9.17, 15) is 4.79 Å². The Morgan fingerprint density at radius 3 is 2.36 bits per heavy atom. The lowest BCUT2D eigenvalue weighted by molar-refractivity contribution is -0.111. The Morgan fingerprint density at radius 2 is 1.93 bits per heavy atom. The normalized spacial score (nSPS) is 12.3. The minimum atomic E-state index is -0.155. The van der Waals surface area contributed by atoms with Crippen molar-refractivity contribution in [1.29, 1.82) is 0 Å². The van der Waals surface area contributed by atoms with E-state index in [2.05, 4.69) is 13.2 Å². The molecule has 0 unspecified atom stereocenters. The molecule has 14 heavy (non-hydrogen) atoms. The third-order valence-electron chi connectivity index (χ3n) is 1.34. The SMILES string of the molecule is C=C/C=C(\C=C/C(=C)C)C(=O)/C=C/Cl. The van der Waals surface area contributed by atoms with Gasteiger partial charge < -0.3 is 0 Å². The van der Waals surface area contributed by atoms with Gasteiger partial charge in [0.2, 0.25) is 0 Å². The summed E-state index contributed by atoms with van der Waals surface area (Å²) in [5.74, 6) is -0.155. The second-order valence-electron chi connectivity index (χ2n) is 2.69. The quantitative estimate of drug-likeness (QED) is 0.499. The molecule has 0 rings (SSSR count). The third-order valence-corrected chi connectivity index (χ3v) is 1.47. The molecule has 1 nitrogen and oxygen atoms in total. The van der Waals surface area contributed by atoms with E-state index >= 15 is 0 Å². The number of halogens is 1. The van der Waals surface area contributed by atoms with Gasteiger partial charge in [-0.25, -0.2) is 0 Å². The van der Waals surface area contributed by atoms with Crippen LogP contribution in [-0.4, -0.2) is 5.78 Å². The van der Waals surface area contributed by atoms with Crippen LogP contribution in [0.5, 0.6) is 0 Å². The highest BCUT2D eigenvalue weighted by Gasteiger charge is 1.99. The fraction of sp³-hybridized carbons (Fsp3) is 0.0833. The summed E-state index contributed by atoms with van der Waals surface area (Å²) in [6, 6.07) is 0. The lowest BCUT2D eigenvalue weighted by atomic mass is 10.1. The third kappa shape index (κ3) is 5.33. The van der Waals surface area contributed by atoms with Gasteiger partial charge in [-0.15, -0.1) is 0 Å². The van der Waals surface area contributed by atoms with Gasteiger partial charge in [-0.05, 0) is 13.0 Å². The van der Waals surface area contributed by atoms with Gasteiger partial charge in [0.15, 0.2) is 5.78 Å². The van der Waals surface area contributed by atoms with Gasteiger partial charge in [-0.3, -0.25) is 4.79 Å². The molecule has 2 heteroatoms. The maximum absolute atomic E-state index is 11.4. The Kier molecular flexibility index (Phi) is 6.42. The molecule has 0 aromatic rings. The van der Waals surface area contributed by atoms with Crippen LogP contribution in [0.3, 0.4) is 0 Å². The maximum Gasteiger partial charge on any atom is 0.186 e. The summed E-state index contributed by atoms with van der Waals surface area (Å²) in [5, 5.41) is 0. The van der Waals surface area contributed by atoms with Crippen LogP contribution in [0, 0.1) is 0 Å². The lowest BCUT2D eigenvalue weighted by Crippen LogP contribution is -1.94. The first-order valence-corrected chi connectivity index (χ1v) is 4.53. The largest absolute Gasteiger partial charge is 0.289 e. The van der Waals surface area contributed by atoms with Crippen molar-refractivity contribution in [1.82, 2.24) is 0 Å². The molecule has 0 spiro atoms. The highest BCUT2D eigenvalue weighted by molar-refractivity contribution is 6.27. The second kappa shape index (κ2) is 7.10. The number of allylic oxidation sites excluding steroid dienone is 7. The number of carbonyl (C=O) groups excluding carboxylic acids is 1. The van der Waals surface area contributed by atoms with Crippen molar-refractivity contribution in [3.05, 3.63) is 60.2 Å². The van der Waals surface area contributed by atoms with E-state index in [-0.39, 0.29) is 5.78 Å². The second-order valence-corrected chi connectivity index (χ2v) is 2.95. The van der Waals surface area contributed by atoms with Crippen molar-refractivity contribution in [2.24, 2.45) is 0 Å². The minimum absolute atomic E-state index is 0.155. The summed E-state index contributed by atoms with van der Waals surface area (Å²) >= 11 is 5.31. The van der Waals surface area contributed by atoms with Crippen LogP contribution < -0.4 is 0 Å². The van der Waals surface area contributed by atoms with E-state index in [1.807, 2.05) is 6.92 Å². The van der Waals surface area contributed by atoms with E-state index in [1.54, 1.807) is 24.3 Å². The number of rotatable bonds is 5. The number of ketones is 1. The molecule has 0 bridgehead atoms. The monoisotopic (exact) mass is 208 g/mol. The molecule has 0 aromatic heterocycles. The molecule has 0 amide bonds. The molecule has 74 valence electrons. The van der Waals surface area contributed by atoms with Gasteiger partial charge in [0.1, 0.15) is 0 Å². The van der Waals surface area contributed by atoms with Crippen LogP contribution in [0.4, 0.5) is 0 Å². The van der Waals surface area contributed by atoms with E-state index in [0.717, 1.165) is 5.57 Å². The average molecular weight is 209 g/mol. The van der Waals surface area contributed by atoms with Crippen molar-refractivity contribution in [2.75, 3.05) is 0 Å². The van der Waals surface area contributed by atoms with Crippen LogP contribution >= 0.6 is 11.6 Å². The fourth-order valence-corrected chi connectivity index (χ4v) is 0.847. The Morgan fingerprint density at radius 1 is 1.29 bits per heavy atom. The molecule has 0 saturated heterocycles. The maximum atomic E-state index is 11.4. The summed E-state index contributed by atoms with van der Waals surface area (Å²) in [6.45, 7) is 9.08. The minimum Gasteiger partial charge on any atom is -0.289 e. The zero-order valence-corrected chi connectivity index (χ0v) is 8.92. The summed E-state index contributed by atoms with van der Waals surface area (Å²) < 4.78 is 0. The smallest absolute Gasteiger partial charge is 0.186 e. The summed E-state index contributed by atoms with van der Waals surface area (Å²) in [4.78, 5) is 11.4. The van der Waals surface area contributed by atoms with Crippen molar-refractivity contribution in [3.63, 3.8) is 0 Å². The standard InChI is InChI=1S/C12H13ClO/c1-4-5-11(7-6-10(2)3)12(14)8-9-13/h4-9H,1-2H2,3H3/b7-6-,9-8+,11-5+. The first kappa shape index (κ1) is 12.7. The van der Waals surface area contributed by atoms with Gasteiger partial charge in [0.25, 0.3) is 0 Å². The molecule has 0 aromatic carbocycles. The van der Waals surface area contributed by atoms with Gasteiger partial charge in [-0.2, -0.15) is 0 Å². The van der Waals surface area contributed by atoms with E-state index < -0.39 is 0 Å². The Bertz CT molecular complexity index is 319. The van der Waals surface area contributed by atoms with Crippen LogP contribution in [0.1, 0.15) is 6.92 Å². The molecule has 0 aliphatic carbocycles. The molecule has 0 atom stereocenters. The zero-order chi connectivity index (χ0) is 11.0. The zero-order valence-electron chi connectivity index (χ0n) is 8.16. The Labute approximate surface area is 89.8 Å². The molecule has 0 fully saturated rings. The number of hydrogen-bond donors (Lipinski definition) is 0. The van der Waals surface area contributed by atoms with Crippen molar-refractivity contribution >= 4 is 17.4 Å². The van der Waals surface area contributed by atoms with Gasteiger partial charge in [0.05, 0.1) is 0 Å². The van der Waals surface area contributed by atoms with Crippen molar-refractivity contribution in [2.45, 2.75) is 6.92 Å². The average Bonchev–Trinajstić information content (AvgIpc) is 2.12. The van der Waals surface area contributed by atoms with E-state index in [4.69, 9.17) is 11.6 Å². The van der Waals surface area contributed by atoms with Crippen LogP contribution in [0.2, 0.25) is 0 Å². The highest BCUT2D eigenvalue weighted by Crippen LogP contribution is 2.04. The summed E-state index contributed by atoms with van der Waals surface area (Å²) in [5.41, 5.74) is 2.59. The predicted octanol–water partition coefficient (Wildman–Crippen LogP) is 3.55. The van der Waals surface area contributed by atoms with Crippen molar-refractivity contribution < 1.29 is 4.79 Å². The summed E-state index contributed by atoms with van der Waals surface area (Å²) in [6.07, 6.45) is 7.91. The molecule has 0 aliphatic heterocycles. The number of carbonyl (C=O) groups is 1. The lowest BCUT2D eigenvalue weighted by Gasteiger charge is -1.94. The summed E-state index contributed by atoms with van der Waals surface area (Å²) in [7, 11) is 0. The van der Waals surface area contributed by atoms with Crippen LogP contribution in [-0.2, 0) is 4.79 Å². The van der Waals surface area contributed by atoms with E-state index in [0.29, 0.717) is 5.57 Å². The molecule has 0 saturated carbocycles. The molecular weight excluding hydrogens is 196 g/mol. The first-order chi connectivity index (χ1) is 6.61. The molecule has 0 N–H and O–H groups in total. The fourth-order valence-electron chi connectivity index (χ4n) is 0.732. The topological polar surface area (TPSA) is 17.1 Å². The van der Waals surface area contributed by atoms with Crippen molar-refractivity contribution in [3.8, 4) is 0 Å². The molecule has 0 aliphatic rings. The Balaban J connectivity index is 4.79. The van der Waals surface area contributed by atoms with Gasteiger partial charge in [-0.1, -0.05) is 54.6 Å². The predicted molar refractivity (Wildman–Crippen MR) is 62.2 cm³/mol. The molecule has 0 radical (unpaired) electrons. The van der Waals surface area contributed by atoms with Crippen LogP contribution in [0.15, 0.2) is 60.2 Å². The van der Waals surface area contributed by atoms with E-state index in [1.165, 1.54) is 11.6 Å². The van der Waals surface area contributed by atoms with Crippen LogP contribution in [0.25, 0.3) is 0 Å². The molecule has 0 heterocycles. The Hall–Kier alpha value is -1.34. The van der Waals surface area contributed by atoms with Gasteiger partial charge >= 0.3 is 0 Å². The number of hydrogen-bond acceptors (Lipinski definition) is 1. The first-order valence-electron chi connectivity index (χ1n) is 4.09. The molecular formula is C12H13ClO. The highest BCUT2D eigenvalue weighted by atomic mass is 35.5. The van der Waals surface area contributed by atoms with Gasteiger partial charge in [0, 0.05) is 11.1 Å².